The molecule has 2 aromatic rings. The fraction of sp³-hybridized carbons (Fsp3) is 0.385. The molecule has 0 aliphatic carbocycles. The van der Waals surface area contributed by atoms with Gasteiger partial charge in [-0.05, 0) is 31.0 Å². The topological polar surface area (TPSA) is 118 Å². The third-order valence-corrected chi connectivity index (χ3v) is 6.03. The maximum Gasteiger partial charge on any atom is 0.272 e. The van der Waals surface area contributed by atoms with Gasteiger partial charge in [0.05, 0.1) is 16.5 Å². The second-order valence-electron chi connectivity index (χ2n) is 5.22. The third kappa shape index (κ3) is 2.58. The summed E-state index contributed by atoms with van der Waals surface area (Å²) in [5.41, 5.74) is 7.19. The molecule has 1 aromatic carbocycles. The number of sulfone groups is 1. The van der Waals surface area contributed by atoms with Crippen LogP contribution >= 0.6 is 0 Å². The van der Waals surface area contributed by atoms with Gasteiger partial charge in [0.15, 0.2) is 15.5 Å². The van der Waals surface area contributed by atoms with Gasteiger partial charge >= 0.3 is 0 Å². The number of rotatable bonds is 3. The van der Waals surface area contributed by atoms with E-state index in [-0.39, 0.29) is 18.0 Å². The van der Waals surface area contributed by atoms with Crippen molar-refractivity contribution in [2.24, 2.45) is 0 Å². The van der Waals surface area contributed by atoms with E-state index < -0.39 is 21.0 Å². The fourth-order valence-corrected chi connectivity index (χ4v) is 4.35. The van der Waals surface area contributed by atoms with Crippen molar-refractivity contribution in [3.05, 3.63) is 23.9 Å². The molecule has 2 heterocycles. The average Bonchev–Trinajstić information content (AvgIpc) is 2.98. The standard InChI is InChI=1S/C13H16N4O3S/c14-8-3-4-11-10(6-8)12(17-16-11)13(18)15-7-9-2-1-5-21(9,19)20/h3-4,6,9H,1-2,5,7,14H2,(H,15,18)(H,16,17). The van der Waals surface area contributed by atoms with Crippen LogP contribution in [0.1, 0.15) is 23.3 Å². The van der Waals surface area contributed by atoms with Crippen LogP contribution in [0.3, 0.4) is 0 Å². The summed E-state index contributed by atoms with van der Waals surface area (Å²) in [6.45, 7) is 0.123. The molecule has 4 N–H and O–H groups in total. The zero-order chi connectivity index (χ0) is 15.0. The molecule has 7 nitrogen and oxygen atoms in total. The Bertz CT molecular complexity index is 797. The number of amides is 1. The van der Waals surface area contributed by atoms with E-state index in [1.54, 1.807) is 18.2 Å². The van der Waals surface area contributed by atoms with Crippen molar-refractivity contribution in [2.75, 3.05) is 18.0 Å². The van der Waals surface area contributed by atoms with E-state index in [4.69, 9.17) is 5.73 Å². The molecule has 1 aliphatic rings. The highest BCUT2D eigenvalue weighted by Gasteiger charge is 2.31. The van der Waals surface area contributed by atoms with Gasteiger partial charge in [-0.3, -0.25) is 9.89 Å². The van der Waals surface area contributed by atoms with Crippen molar-refractivity contribution >= 4 is 32.3 Å². The number of nitrogen functional groups attached to an aromatic ring is 1. The number of benzene rings is 1. The molecule has 1 aliphatic heterocycles. The number of H-pyrrole nitrogens is 1. The minimum atomic E-state index is -3.06. The van der Waals surface area contributed by atoms with Crippen LogP contribution in [-0.2, 0) is 9.84 Å². The zero-order valence-electron chi connectivity index (χ0n) is 11.3. The average molecular weight is 308 g/mol. The molecule has 1 aromatic heterocycles. The Morgan fingerprint density at radius 3 is 3.00 bits per heavy atom. The van der Waals surface area contributed by atoms with Crippen molar-refractivity contribution in [1.82, 2.24) is 15.5 Å². The molecular weight excluding hydrogens is 292 g/mol. The molecule has 0 bridgehead atoms. The summed E-state index contributed by atoms with van der Waals surface area (Å²) < 4.78 is 23.5. The van der Waals surface area contributed by atoms with E-state index in [9.17, 15) is 13.2 Å². The molecule has 112 valence electrons. The first-order chi connectivity index (χ1) is 9.97. The fourth-order valence-electron chi connectivity index (χ4n) is 2.58. The van der Waals surface area contributed by atoms with E-state index in [1.807, 2.05) is 0 Å². The number of carbonyl (C=O) groups is 1. The molecule has 0 spiro atoms. The van der Waals surface area contributed by atoms with E-state index in [1.165, 1.54) is 0 Å². The van der Waals surface area contributed by atoms with Crippen LogP contribution in [0.15, 0.2) is 18.2 Å². The Hall–Kier alpha value is -2.09. The van der Waals surface area contributed by atoms with Crippen molar-refractivity contribution < 1.29 is 13.2 Å². The van der Waals surface area contributed by atoms with Crippen LogP contribution in [0.5, 0.6) is 0 Å². The molecule has 0 radical (unpaired) electrons. The third-order valence-electron chi connectivity index (χ3n) is 3.76. The van der Waals surface area contributed by atoms with Gasteiger partial charge in [0.25, 0.3) is 5.91 Å². The van der Waals surface area contributed by atoms with Crippen molar-refractivity contribution in [1.29, 1.82) is 0 Å². The van der Waals surface area contributed by atoms with Gasteiger partial charge in [-0.1, -0.05) is 0 Å². The minimum Gasteiger partial charge on any atom is -0.399 e. The summed E-state index contributed by atoms with van der Waals surface area (Å²) in [6, 6.07) is 5.13. The normalized spacial score (nSPS) is 20.7. The molecule has 1 fully saturated rings. The number of hydrogen-bond acceptors (Lipinski definition) is 5. The van der Waals surface area contributed by atoms with Gasteiger partial charge in [-0.2, -0.15) is 5.10 Å². The Morgan fingerprint density at radius 1 is 1.48 bits per heavy atom. The highest BCUT2D eigenvalue weighted by Crippen LogP contribution is 2.21. The lowest BCUT2D eigenvalue weighted by molar-refractivity contribution is 0.0950. The maximum atomic E-state index is 12.2. The Kier molecular flexibility index (Phi) is 3.32. The number of nitrogens with zero attached hydrogens (tertiary/aromatic N) is 1. The summed E-state index contributed by atoms with van der Waals surface area (Å²) >= 11 is 0. The summed E-state index contributed by atoms with van der Waals surface area (Å²) in [6.07, 6.45) is 1.25. The summed E-state index contributed by atoms with van der Waals surface area (Å²) in [5, 5.41) is 9.52. The predicted octanol–water partition coefficient (Wildman–Crippen LogP) is 0.452. The van der Waals surface area contributed by atoms with Gasteiger partial charge in [0.2, 0.25) is 0 Å². The number of fused-ring (bicyclic) bond motifs is 1. The second kappa shape index (κ2) is 5.03. The number of aromatic nitrogens is 2. The van der Waals surface area contributed by atoms with Crippen LogP contribution in [0.25, 0.3) is 10.9 Å². The van der Waals surface area contributed by atoms with Crippen LogP contribution in [0.2, 0.25) is 0 Å². The molecule has 1 atom stereocenters. The second-order valence-corrected chi connectivity index (χ2v) is 7.62. The van der Waals surface area contributed by atoms with E-state index in [2.05, 4.69) is 15.5 Å². The minimum absolute atomic E-state index is 0.123. The Balaban J connectivity index is 1.77. The first kappa shape index (κ1) is 13.9. The maximum absolute atomic E-state index is 12.2. The molecule has 8 heteroatoms. The summed E-state index contributed by atoms with van der Waals surface area (Å²) in [4.78, 5) is 12.2. The first-order valence-electron chi connectivity index (χ1n) is 6.71. The van der Waals surface area contributed by atoms with Gasteiger partial charge < -0.3 is 11.1 Å². The number of anilines is 1. The molecule has 1 saturated heterocycles. The van der Waals surface area contributed by atoms with Gasteiger partial charge in [0, 0.05) is 17.6 Å². The van der Waals surface area contributed by atoms with Crippen molar-refractivity contribution in [2.45, 2.75) is 18.1 Å². The molecular formula is C13H16N4O3S. The molecule has 21 heavy (non-hydrogen) atoms. The number of nitrogens with two attached hydrogens (primary N) is 1. The summed E-state index contributed by atoms with van der Waals surface area (Å²) in [5.74, 6) is -0.191. The number of hydrogen-bond donors (Lipinski definition) is 3. The molecule has 3 rings (SSSR count). The number of nitrogens with one attached hydrogen (secondary N) is 2. The molecule has 1 unspecified atom stereocenters. The van der Waals surface area contributed by atoms with E-state index >= 15 is 0 Å². The largest absolute Gasteiger partial charge is 0.399 e. The molecule has 0 saturated carbocycles. The zero-order valence-corrected chi connectivity index (χ0v) is 12.1. The lowest BCUT2D eigenvalue weighted by Gasteiger charge is -2.09. The van der Waals surface area contributed by atoms with Gasteiger partial charge in [-0.15, -0.1) is 0 Å². The van der Waals surface area contributed by atoms with Crippen LogP contribution in [0.4, 0.5) is 5.69 Å². The summed E-state index contributed by atoms with van der Waals surface area (Å²) in [7, 11) is -3.06. The predicted molar refractivity (Wildman–Crippen MR) is 79.6 cm³/mol. The Labute approximate surface area is 121 Å². The van der Waals surface area contributed by atoms with E-state index in [0.29, 0.717) is 29.4 Å². The lowest BCUT2D eigenvalue weighted by atomic mass is 10.2. The number of carbonyl (C=O) groups excluding carboxylic acids is 1. The lowest BCUT2D eigenvalue weighted by Crippen LogP contribution is -2.34. The quantitative estimate of drug-likeness (QED) is 0.712. The van der Waals surface area contributed by atoms with Crippen molar-refractivity contribution in [3.8, 4) is 0 Å². The monoisotopic (exact) mass is 308 g/mol. The molecule has 1 amide bonds. The van der Waals surface area contributed by atoms with E-state index in [0.717, 1.165) is 0 Å². The van der Waals surface area contributed by atoms with Crippen LogP contribution in [-0.4, -0.2) is 42.1 Å². The van der Waals surface area contributed by atoms with Crippen LogP contribution in [0, 0.1) is 0 Å². The van der Waals surface area contributed by atoms with Gasteiger partial charge in [0.1, 0.15) is 0 Å². The smallest absolute Gasteiger partial charge is 0.272 e. The Morgan fingerprint density at radius 2 is 2.29 bits per heavy atom. The highest BCUT2D eigenvalue weighted by molar-refractivity contribution is 7.92. The highest BCUT2D eigenvalue weighted by atomic mass is 32.2. The number of aromatic amines is 1. The van der Waals surface area contributed by atoms with Crippen LogP contribution < -0.4 is 11.1 Å². The SMILES string of the molecule is Nc1ccc2[nH]nc(C(=O)NCC3CCCS3(=O)=O)c2c1. The first-order valence-corrected chi connectivity index (χ1v) is 8.42. The van der Waals surface area contributed by atoms with Crippen molar-refractivity contribution in [3.63, 3.8) is 0 Å². The van der Waals surface area contributed by atoms with Gasteiger partial charge in [-0.25, -0.2) is 8.42 Å².